The maximum absolute atomic E-state index is 14.0. The van der Waals surface area contributed by atoms with Crippen molar-refractivity contribution in [1.29, 1.82) is 0 Å². The molecule has 3 amide bonds. The van der Waals surface area contributed by atoms with Crippen molar-refractivity contribution >= 4 is 63.4 Å². The number of nitrogens with zero attached hydrogens (tertiary/aromatic N) is 1. The van der Waals surface area contributed by atoms with Crippen LogP contribution in [0.1, 0.15) is 130 Å². The van der Waals surface area contributed by atoms with E-state index in [-0.39, 0.29) is 60.1 Å². The van der Waals surface area contributed by atoms with Crippen molar-refractivity contribution in [3.05, 3.63) is 151 Å². The summed E-state index contributed by atoms with van der Waals surface area (Å²) in [6.07, 6.45) is 27.7. The van der Waals surface area contributed by atoms with Crippen molar-refractivity contribution in [2.24, 2.45) is 5.41 Å². The Kier molecular flexibility index (Phi) is 30.1. The maximum atomic E-state index is 14.0. The molecule has 3 N–H and O–H groups in total. The molecular formula is C58H74N4O12S2. The highest BCUT2D eigenvalue weighted by Crippen LogP contribution is 2.29. The predicted molar refractivity (Wildman–Crippen MR) is 299 cm³/mol. The standard InChI is InChI=1S/C58H74N4O12S2/c1-7-8-9-10-11-12-13-14-15-16-17-18-19-20-21-22-23-34-50(64)70-43-58(5,6)51(52(65)61-37-35-49(63)60-38-40-75-76-41-39-62-56(69)74-57(2,3)4)73-55(68)46-31-25-27-33-48(46)72-54(67)45-30-24-26-32-47(45)71-53(66)44-29-28-36-59-42-44/h8-9,11-12,14-15,17-18,20-21,24-33,36,42,51H,7,10,13,16,19,22-23,34-35,37-41,43H2,1-6H3,(H,60,63)(H,61,65)(H,62,69)/b9-8-,12-11-,15-14-,18-17+,21-20+/t51-/m0/s1. The van der Waals surface area contributed by atoms with E-state index >= 15 is 0 Å². The summed E-state index contributed by atoms with van der Waals surface area (Å²) in [6, 6.07) is 14.7. The molecule has 1 aromatic heterocycles. The Bertz CT molecular complexity index is 2470. The number of hydrogen-bond acceptors (Lipinski definition) is 15. The van der Waals surface area contributed by atoms with Crippen molar-refractivity contribution in [2.45, 2.75) is 111 Å². The summed E-state index contributed by atoms with van der Waals surface area (Å²) >= 11 is 0. The van der Waals surface area contributed by atoms with Gasteiger partial charge in [-0.3, -0.25) is 19.4 Å². The largest absolute Gasteiger partial charge is 0.465 e. The second-order valence-electron chi connectivity index (χ2n) is 18.5. The third-order valence-electron chi connectivity index (χ3n) is 10.3. The van der Waals surface area contributed by atoms with Gasteiger partial charge in [-0.25, -0.2) is 19.2 Å². The second kappa shape index (κ2) is 36.1. The van der Waals surface area contributed by atoms with E-state index in [4.69, 9.17) is 23.7 Å². The lowest BCUT2D eigenvalue weighted by Gasteiger charge is -2.32. The minimum absolute atomic E-state index is 0.0882. The van der Waals surface area contributed by atoms with Crippen LogP contribution in [0.25, 0.3) is 0 Å². The molecule has 1 heterocycles. The molecule has 0 saturated carbocycles. The Hall–Kier alpha value is -6.92. The Morgan fingerprint density at radius 2 is 1.17 bits per heavy atom. The molecule has 0 aliphatic carbocycles. The first-order chi connectivity index (χ1) is 36.5. The number of benzene rings is 2. The molecule has 0 spiro atoms. The van der Waals surface area contributed by atoms with Crippen LogP contribution in [0.2, 0.25) is 0 Å². The van der Waals surface area contributed by atoms with Crippen LogP contribution >= 0.6 is 21.6 Å². The van der Waals surface area contributed by atoms with Gasteiger partial charge in [-0.05, 0) is 102 Å². The lowest BCUT2D eigenvalue weighted by atomic mass is 9.86. The van der Waals surface area contributed by atoms with Gasteiger partial charge in [0.25, 0.3) is 5.91 Å². The quantitative estimate of drug-likeness (QED) is 0.0129. The zero-order valence-electron chi connectivity index (χ0n) is 44.5. The number of para-hydroxylation sites is 2. The topological polar surface area (TPSA) is 215 Å². The van der Waals surface area contributed by atoms with Crippen LogP contribution in [-0.2, 0) is 28.6 Å². The van der Waals surface area contributed by atoms with E-state index in [0.717, 1.165) is 32.1 Å². The first-order valence-electron chi connectivity index (χ1n) is 25.4. The van der Waals surface area contributed by atoms with Gasteiger partial charge in [0.05, 0.1) is 5.56 Å². The molecule has 0 bridgehead atoms. The van der Waals surface area contributed by atoms with Crippen molar-refractivity contribution in [1.82, 2.24) is 20.9 Å². The smallest absolute Gasteiger partial charge is 0.407 e. The third-order valence-corrected chi connectivity index (χ3v) is 12.7. The van der Waals surface area contributed by atoms with Gasteiger partial charge < -0.3 is 39.6 Å². The molecule has 2 aromatic carbocycles. The number of pyridine rings is 1. The number of unbranched alkanes of at least 4 members (excludes halogenated alkanes) is 1. The van der Waals surface area contributed by atoms with Gasteiger partial charge >= 0.3 is 30.0 Å². The summed E-state index contributed by atoms with van der Waals surface area (Å²) in [5.41, 5.74) is -2.06. The summed E-state index contributed by atoms with van der Waals surface area (Å²) in [6.45, 7) is 11.0. The molecular weight excluding hydrogens is 1010 g/mol. The minimum atomic E-state index is -1.56. The fraction of sp³-hybridized carbons (Fsp3) is 0.414. The van der Waals surface area contributed by atoms with Crippen molar-refractivity contribution in [2.75, 3.05) is 37.7 Å². The molecule has 76 heavy (non-hydrogen) atoms. The highest BCUT2D eigenvalue weighted by molar-refractivity contribution is 8.76. The molecule has 0 aliphatic rings. The lowest BCUT2D eigenvalue weighted by Crippen LogP contribution is -2.49. The van der Waals surface area contributed by atoms with Gasteiger partial charge in [0.2, 0.25) is 5.91 Å². The summed E-state index contributed by atoms with van der Waals surface area (Å²) in [4.78, 5) is 95.9. The van der Waals surface area contributed by atoms with Crippen LogP contribution in [0.5, 0.6) is 11.5 Å². The first kappa shape index (κ1) is 63.4. The number of carbonyl (C=O) groups excluding carboxylic acids is 7. The van der Waals surface area contributed by atoms with Gasteiger partial charge in [0.15, 0.2) is 6.10 Å². The zero-order chi connectivity index (χ0) is 55.4. The molecule has 0 aliphatic heterocycles. The molecule has 3 aromatic rings. The van der Waals surface area contributed by atoms with E-state index in [1.165, 1.54) is 76.4 Å². The van der Waals surface area contributed by atoms with Crippen molar-refractivity contribution in [3.63, 3.8) is 0 Å². The van der Waals surface area contributed by atoms with Crippen LogP contribution in [0.15, 0.2) is 134 Å². The number of nitrogens with one attached hydrogen (secondary N) is 3. The molecule has 3 rings (SSSR count). The fourth-order valence-electron chi connectivity index (χ4n) is 6.47. The Morgan fingerprint density at radius 3 is 1.75 bits per heavy atom. The number of rotatable bonds is 33. The molecule has 16 nitrogen and oxygen atoms in total. The first-order valence-corrected chi connectivity index (χ1v) is 27.9. The van der Waals surface area contributed by atoms with Gasteiger partial charge in [0.1, 0.15) is 34.8 Å². The number of aromatic nitrogens is 1. The zero-order valence-corrected chi connectivity index (χ0v) is 46.2. The number of hydrogen-bond donors (Lipinski definition) is 3. The number of amides is 3. The van der Waals surface area contributed by atoms with Crippen LogP contribution < -0.4 is 25.4 Å². The van der Waals surface area contributed by atoms with E-state index in [1.54, 1.807) is 52.8 Å². The molecule has 0 radical (unpaired) electrons. The Labute approximate surface area is 455 Å². The summed E-state index contributed by atoms with van der Waals surface area (Å²) in [5.74, 6) is -3.43. The summed E-state index contributed by atoms with van der Waals surface area (Å²) < 4.78 is 27.9. The molecule has 0 unspecified atom stereocenters. The van der Waals surface area contributed by atoms with E-state index in [9.17, 15) is 33.6 Å². The normalized spacial score (nSPS) is 12.2. The van der Waals surface area contributed by atoms with E-state index < -0.39 is 53.0 Å². The third kappa shape index (κ3) is 27.0. The highest BCUT2D eigenvalue weighted by atomic mass is 33.1. The van der Waals surface area contributed by atoms with Crippen LogP contribution in [-0.4, -0.2) is 96.2 Å². The molecule has 0 saturated heterocycles. The summed E-state index contributed by atoms with van der Waals surface area (Å²) in [7, 11) is 3.05. The van der Waals surface area contributed by atoms with Gasteiger partial charge in [0, 0.05) is 61.8 Å². The molecule has 18 heteroatoms. The number of alkyl carbamates (subject to hydrolysis) is 1. The number of allylic oxidation sites excluding steroid dienone is 10. The molecule has 410 valence electrons. The van der Waals surface area contributed by atoms with Crippen LogP contribution in [0, 0.1) is 5.41 Å². The SMILES string of the molecule is CC/C=C\C/C=C\C/C=C\C/C=C/C/C=C/CCCC(=O)OCC(C)(C)[C@@H](OC(=O)c1ccccc1OC(=O)c1ccccc1OC(=O)c1cccnc1)C(=O)NCCC(=O)NCCSSCCNC(=O)OC(C)(C)C. The monoisotopic (exact) mass is 1080 g/mol. The fourth-order valence-corrected chi connectivity index (χ4v) is 8.28. The van der Waals surface area contributed by atoms with Crippen molar-refractivity contribution in [3.8, 4) is 11.5 Å². The van der Waals surface area contributed by atoms with E-state index in [0.29, 0.717) is 37.4 Å². The molecule has 0 fully saturated rings. The van der Waals surface area contributed by atoms with Gasteiger partial charge in [-0.2, -0.15) is 0 Å². The maximum Gasteiger partial charge on any atom is 0.407 e. The van der Waals surface area contributed by atoms with Gasteiger partial charge in [-0.1, -0.05) is 127 Å². The summed E-state index contributed by atoms with van der Waals surface area (Å²) in [5, 5.41) is 8.17. The average molecular weight is 1080 g/mol. The number of carbonyl (C=O) groups is 7. The second-order valence-corrected chi connectivity index (χ2v) is 21.2. The number of esters is 4. The lowest BCUT2D eigenvalue weighted by molar-refractivity contribution is -0.153. The van der Waals surface area contributed by atoms with Crippen LogP contribution in [0.4, 0.5) is 4.79 Å². The van der Waals surface area contributed by atoms with E-state index in [2.05, 4.69) is 76.5 Å². The highest BCUT2D eigenvalue weighted by Gasteiger charge is 2.40. The predicted octanol–water partition coefficient (Wildman–Crippen LogP) is 11.1. The van der Waals surface area contributed by atoms with Gasteiger partial charge in [-0.15, -0.1) is 0 Å². The number of ether oxygens (including phenoxy) is 5. The average Bonchev–Trinajstić information content (AvgIpc) is 3.39. The van der Waals surface area contributed by atoms with E-state index in [1.807, 2.05) is 12.2 Å². The Balaban J connectivity index is 1.60. The minimum Gasteiger partial charge on any atom is -0.465 e. The van der Waals surface area contributed by atoms with Crippen LogP contribution in [0.3, 0.4) is 0 Å². The Morgan fingerprint density at radius 1 is 0.618 bits per heavy atom. The van der Waals surface area contributed by atoms with Crippen molar-refractivity contribution < 1.29 is 57.2 Å². The molecule has 1 atom stereocenters.